The Labute approximate surface area is 361 Å². The van der Waals surface area contributed by atoms with E-state index in [4.69, 9.17) is 9.72 Å². The van der Waals surface area contributed by atoms with Gasteiger partial charge in [-0.2, -0.15) is 0 Å². The van der Waals surface area contributed by atoms with Crippen molar-refractivity contribution in [3.05, 3.63) is 216 Å². The van der Waals surface area contributed by atoms with E-state index in [0.717, 1.165) is 81.5 Å². The Bertz CT molecular complexity index is 3410. The predicted molar refractivity (Wildman–Crippen MR) is 239 cm³/mol. The second-order valence-electron chi connectivity index (χ2n) is 14.8. The number of benzene rings is 7. The molecule has 0 unspecified atom stereocenters. The molecule has 0 atom stereocenters. The van der Waals surface area contributed by atoms with Crippen molar-refractivity contribution in [1.29, 1.82) is 0 Å². The van der Waals surface area contributed by atoms with Gasteiger partial charge in [0.15, 0.2) is 0 Å². The van der Waals surface area contributed by atoms with Crippen molar-refractivity contribution in [3.8, 4) is 62.1 Å². The van der Waals surface area contributed by atoms with Gasteiger partial charge in [0.25, 0.3) is 0 Å². The van der Waals surface area contributed by atoms with Crippen molar-refractivity contribution >= 4 is 32.8 Å². The van der Waals surface area contributed by atoms with E-state index >= 15 is 4.39 Å². The van der Waals surface area contributed by atoms with Crippen LogP contribution in [-0.2, 0) is 19.4 Å². The molecule has 4 aromatic heterocycles. The summed E-state index contributed by atoms with van der Waals surface area (Å²) in [6.07, 6.45) is 5.45. The molecule has 0 fully saturated rings. The summed E-state index contributed by atoms with van der Waals surface area (Å²) < 4.78 is 30.0. The number of imidazole rings is 1. The van der Waals surface area contributed by atoms with E-state index in [-0.39, 0.29) is 0 Å². The molecule has 11 aromatic rings. The average Bonchev–Trinajstić information content (AvgIpc) is 3.80. The monoisotopic (exact) mass is 970 g/mol. The Balaban J connectivity index is 1.03. The Morgan fingerprint density at radius 3 is 1.79 bits per heavy atom. The van der Waals surface area contributed by atoms with Crippen molar-refractivity contribution in [2.45, 2.75) is 0 Å². The molecule has 0 aliphatic carbocycles. The zero-order valence-electron chi connectivity index (χ0n) is 32.5. The van der Waals surface area contributed by atoms with Crippen molar-refractivity contribution in [1.82, 2.24) is 23.7 Å². The molecule has 0 spiro atoms. The number of rotatable bonds is 8. The van der Waals surface area contributed by atoms with Gasteiger partial charge in [0.1, 0.15) is 0 Å². The standard InChI is InChI=1S/C53H34FN5O.Pt/c54-40-30-41(57-35-58(50-21-10-9-20-49(50)57)53-44(37-12-3-1-4-13-37)17-11-18-45(53)38-14-5-2-6-15-38)32-43(31-40)60-42-23-24-47-46-16-7-8-19-48(46)59(51(47)33-42)52-25-22-39(34-56-52)36-26-28-55-29-27-36;/h1-34H;. The first kappa shape index (κ1) is 36.6. The molecule has 7 aromatic carbocycles. The molecule has 0 amide bonds. The van der Waals surface area contributed by atoms with Gasteiger partial charge in [-0.05, 0) is 23.8 Å². The van der Waals surface area contributed by atoms with Crippen LogP contribution in [0.2, 0.25) is 0 Å². The molecule has 11 rings (SSSR count). The van der Waals surface area contributed by atoms with Gasteiger partial charge in [0, 0.05) is 24.2 Å². The number of aromatic nitrogens is 5. The fourth-order valence-electron chi connectivity index (χ4n) is 8.42. The summed E-state index contributed by atoms with van der Waals surface area (Å²) in [6.45, 7) is 0. The number of fused-ring (bicyclic) bond motifs is 4. The van der Waals surface area contributed by atoms with E-state index in [1.807, 2.05) is 79.0 Å². The molecule has 0 aliphatic heterocycles. The maximum absolute atomic E-state index is 16.0. The van der Waals surface area contributed by atoms with Crippen LogP contribution in [0.1, 0.15) is 0 Å². The van der Waals surface area contributed by atoms with Crippen molar-refractivity contribution < 1.29 is 28.5 Å². The molecule has 0 saturated heterocycles. The van der Waals surface area contributed by atoms with Crippen molar-refractivity contribution in [3.63, 3.8) is 0 Å². The van der Waals surface area contributed by atoms with E-state index in [1.165, 1.54) is 6.07 Å². The molecule has 0 saturated carbocycles. The Kier molecular flexibility index (Phi) is 9.17. The third-order valence-corrected chi connectivity index (χ3v) is 12.1. The molecule has 61 heavy (non-hydrogen) atoms. The van der Waals surface area contributed by atoms with Crippen LogP contribution in [0.3, 0.4) is 0 Å². The molecule has 0 radical (unpaired) electrons. The van der Waals surface area contributed by atoms with Gasteiger partial charge >= 0.3 is 298 Å². The number of pyridine rings is 2. The SMILES string of the molecule is Fc1cc(Oc2ccc3c4ccccc4n(-c4ccc(-c5ccncc5)cn4)c3c2)cc(-n2[c](=[Pt])n(-c3c(-c4ccccc4)cccc3-c3ccccc3)c3ccccc32)c1. The molecule has 6 nitrogen and oxygen atoms in total. The quantitative estimate of drug-likeness (QED) is 0.152. The van der Waals surface area contributed by atoms with Gasteiger partial charge in [0.2, 0.25) is 0 Å². The third-order valence-electron chi connectivity index (χ3n) is 11.1. The van der Waals surface area contributed by atoms with E-state index < -0.39 is 5.82 Å². The first-order valence-corrected chi connectivity index (χ1v) is 21.0. The minimum absolute atomic E-state index is 0.381. The summed E-state index contributed by atoms with van der Waals surface area (Å²) in [5, 5.41) is 2.16. The van der Waals surface area contributed by atoms with Crippen LogP contribution in [0.5, 0.6) is 11.5 Å². The van der Waals surface area contributed by atoms with Crippen LogP contribution in [0.4, 0.5) is 4.39 Å². The Hall–Kier alpha value is -7.47. The van der Waals surface area contributed by atoms with Crippen LogP contribution in [0.15, 0.2) is 207 Å². The number of halogens is 1. The van der Waals surface area contributed by atoms with Crippen LogP contribution in [0.25, 0.3) is 83.4 Å². The van der Waals surface area contributed by atoms with Gasteiger partial charge in [-0.3, -0.25) is 4.98 Å². The summed E-state index contributed by atoms with van der Waals surface area (Å²) in [5.41, 5.74) is 12.0. The van der Waals surface area contributed by atoms with Crippen LogP contribution in [-0.4, -0.2) is 23.7 Å². The van der Waals surface area contributed by atoms with E-state index in [0.29, 0.717) is 17.2 Å². The third kappa shape index (κ3) is 6.51. The number of nitrogens with zero attached hydrogens (tertiary/aromatic N) is 5. The first-order valence-electron chi connectivity index (χ1n) is 19.9. The van der Waals surface area contributed by atoms with Crippen molar-refractivity contribution in [2.24, 2.45) is 0 Å². The van der Waals surface area contributed by atoms with Gasteiger partial charge in [-0.15, -0.1) is 0 Å². The molecular weight excluding hydrogens is 937 g/mol. The molecular formula is C53H34FN5OPt. The molecule has 294 valence electrons. The summed E-state index contributed by atoms with van der Waals surface area (Å²) >= 11 is 2.38. The molecule has 0 bridgehead atoms. The van der Waals surface area contributed by atoms with Gasteiger partial charge in [-0.1, -0.05) is 12.1 Å². The van der Waals surface area contributed by atoms with Crippen molar-refractivity contribution in [2.75, 3.05) is 0 Å². The number of hydrogen-bond acceptors (Lipinski definition) is 3. The van der Waals surface area contributed by atoms with E-state index in [1.54, 1.807) is 18.5 Å². The molecule has 8 heteroatoms. The topological polar surface area (TPSA) is 49.8 Å². The normalized spacial score (nSPS) is 11.5. The van der Waals surface area contributed by atoms with E-state index in [9.17, 15) is 0 Å². The second-order valence-corrected chi connectivity index (χ2v) is 15.8. The maximum atomic E-state index is 16.0. The second kappa shape index (κ2) is 15.3. The van der Waals surface area contributed by atoms with Gasteiger partial charge < -0.3 is 0 Å². The predicted octanol–water partition coefficient (Wildman–Crippen LogP) is 13.3. The zero-order chi connectivity index (χ0) is 40.9. The zero-order valence-corrected chi connectivity index (χ0v) is 34.7. The molecule has 0 N–H and O–H groups in total. The fourth-order valence-corrected chi connectivity index (χ4v) is 9.52. The van der Waals surface area contributed by atoms with Gasteiger partial charge in [-0.25, -0.2) is 0 Å². The minimum atomic E-state index is -0.406. The Morgan fingerprint density at radius 2 is 1.10 bits per heavy atom. The summed E-state index contributed by atoms with van der Waals surface area (Å²) in [5.74, 6) is 1.33. The molecule has 4 heterocycles. The Morgan fingerprint density at radius 1 is 0.459 bits per heavy atom. The van der Waals surface area contributed by atoms with Crippen LogP contribution >= 0.6 is 0 Å². The number of para-hydroxylation sites is 4. The first-order chi connectivity index (χ1) is 30.1. The number of ether oxygens (including phenoxy) is 1. The molecule has 0 aliphatic rings. The van der Waals surface area contributed by atoms with Crippen LogP contribution in [0, 0.1) is 9.62 Å². The summed E-state index contributed by atoms with van der Waals surface area (Å²) in [6, 6.07) is 62.9. The fraction of sp³-hybridized carbons (Fsp3) is 0. The van der Waals surface area contributed by atoms with E-state index in [2.05, 4.69) is 141 Å². The average molecular weight is 971 g/mol. The van der Waals surface area contributed by atoms with Gasteiger partial charge in [0.05, 0.1) is 0 Å². The van der Waals surface area contributed by atoms with Crippen LogP contribution < -0.4 is 4.74 Å². The summed E-state index contributed by atoms with van der Waals surface area (Å²) in [7, 11) is 0. The summed E-state index contributed by atoms with van der Waals surface area (Å²) in [4.78, 5) is 9.07. The number of hydrogen-bond donors (Lipinski definition) is 0.